The van der Waals surface area contributed by atoms with E-state index in [0.29, 0.717) is 21.3 Å². The average molecular weight is 325 g/mol. The van der Waals surface area contributed by atoms with Crippen LogP contribution < -0.4 is 16.2 Å². The maximum Gasteiger partial charge on any atom is 0.337 e. The van der Waals surface area contributed by atoms with Crippen LogP contribution in [0.4, 0.5) is 10.5 Å². The maximum atomic E-state index is 11.7. The zero-order chi connectivity index (χ0) is 15.2. The largest absolute Gasteiger partial charge is 0.337 e. The molecule has 2 rings (SSSR count). The van der Waals surface area contributed by atoms with E-state index in [0.717, 1.165) is 0 Å². The molecule has 2 aromatic rings. The predicted octanol–water partition coefficient (Wildman–Crippen LogP) is 2.85. The van der Waals surface area contributed by atoms with Gasteiger partial charge < -0.3 is 5.32 Å². The molecule has 108 valence electrons. The van der Waals surface area contributed by atoms with Crippen LogP contribution in [0.25, 0.3) is 0 Å². The van der Waals surface area contributed by atoms with Crippen molar-refractivity contribution in [3.63, 3.8) is 0 Å². The number of nitrogens with one attached hydrogen (secondary N) is 3. The van der Waals surface area contributed by atoms with E-state index >= 15 is 0 Å². The molecule has 8 heteroatoms. The fraction of sp³-hybridized carbons (Fsp3) is 0. The number of halogens is 2. The molecule has 6 nitrogen and oxygen atoms in total. The third kappa shape index (κ3) is 4.34. The molecule has 0 unspecified atom stereocenters. The molecular weight excluding hydrogens is 315 g/mol. The predicted molar refractivity (Wildman–Crippen MR) is 80.3 cm³/mol. The Morgan fingerprint density at radius 3 is 2.33 bits per heavy atom. The quantitative estimate of drug-likeness (QED) is 0.743. The monoisotopic (exact) mass is 324 g/mol. The van der Waals surface area contributed by atoms with Crippen LogP contribution >= 0.6 is 23.2 Å². The minimum atomic E-state index is -0.615. The molecule has 0 saturated carbocycles. The highest BCUT2D eigenvalue weighted by atomic mass is 35.5. The Hall–Kier alpha value is -2.31. The number of benzene rings is 1. The van der Waals surface area contributed by atoms with Gasteiger partial charge >= 0.3 is 6.03 Å². The van der Waals surface area contributed by atoms with Gasteiger partial charge in [0.1, 0.15) is 0 Å². The molecule has 3 amide bonds. The Morgan fingerprint density at radius 2 is 1.67 bits per heavy atom. The zero-order valence-corrected chi connectivity index (χ0v) is 12.1. The van der Waals surface area contributed by atoms with Crippen molar-refractivity contribution in [1.29, 1.82) is 0 Å². The Kier molecular flexibility index (Phi) is 4.97. The second-order valence-corrected chi connectivity index (χ2v) is 4.71. The van der Waals surface area contributed by atoms with Crippen LogP contribution in [0.3, 0.4) is 0 Å². The number of hydrazine groups is 1. The Labute approximate surface area is 130 Å². The molecule has 0 atom stereocenters. The van der Waals surface area contributed by atoms with Crippen LogP contribution in [0.15, 0.2) is 42.7 Å². The van der Waals surface area contributed by atoms with Gasteiger partial charge in [-0.3, -0.25) is 15.2 Å². The summed E-state index contributed by atoms with van der Waals surface area (Å²) in [5.41, 5.74) is 5.29. The van der Waals surface area contributed by atoms with E-state index < -0.39 is 11.9 Å². The first-order chi connectivity index (χ1) is 10.1. The molecule has 0 bridgehead atoms. The van der Waals surface area contributed by atoms with Crippen molar-refractivity contribution in [3.05, 3.63) is 58.3 Å². The van der Waals surface area contributed by atoms with Gasteiger partial charge in [0.2, 0.25) is 0 Å². The zero-order valence-electron chi connectivity index (χ0n) is 10.6. The van der Waals surface area contributed by atoms with E-state index in [1.165, 1.54) is 30.6 Å². The van der Waals surface area contributed by atoms with E-state index in [2.05, 4.69) is 21.2 Å². The van der Waals surface area contributed by atoms with Crippen LogP contribution in [0, 0.1) is 0 Å². The molecule has 0 fully saturated rings. The summed E-state index contributed by atoms with van der Waals surface area (Å²) >= 11 is 11.6. The second-order valence-electron chi connectivity index (χ2n) is 3.90. The average Bonchev–Trinajstić information content (AvgIpc) is 2.49. The van der Waals surface area contributed by atoms with E-state index in [1.54, 1.807) is 12.1 Å². The summed E-state index contributed by atoms with van der Waals surface area (Å²) < 4.78 is 0. The number of hydrogen-bond acceptors (Lipinski definition) is 3. The van der Waals surface area contributed by atoms with E-state index in [-0.39, 0.29) is 0 Å². The molecule has 3 N–H and O–H groups in total. The summed E-state index contributed by atoms with van der Waals surface area (Å²) in [6, 6.07) is 7.06. The molecule has 0 aliphatic heterocycles. The van der Waals surface area contributed by atoms with Crippen molar-refractivity contribution in [2.24, 2.45) is 0 Å². The van der Waals surface area contributed by atoms with Gasteiger partial charge in [-0.15, -0.1) is 0 Å². The number of amides is 3. The molecule has 1 aromatic heterocycles. The topological polar surface area (TPSA) is 83.1 Å². The van der Waals surface area contributed by atoms with Gasteiger partial charge in [0.15, 0.2) is 0 Å². The van der Waals surface area contributed by atoms with Gasteiger partial charge in [0.25, 0.3) is 5.91 Å². The van der Waals surface area contributed by atoms with Crippen LogP contribution in [0.2, 0.25) is 10.0 Å². The molecule has 21 heavy (non-hydrogen) atoms. The number of pyridine rings is 1. The van der Waals surface area contributed by atoms with Crippen molar-refractivity contribution < 1.29 is 9.59 Å². The standard InChI is InChI=1S/C13H10Cl2N4O2/c14-10-2-1-9(7-11(10)15)17-13(21)19-18-12(20)8-3-5-16-6-4-8/h1-7H,(H,18,20)(H2,17,19,21). The lowest BCUT2D eigenvalue weighted by atomic mass is 10.3. The Balaban J connectivity index is 1.87. The number of rotatable bonds is 2. The van der Waals surface area contributed by atoms with Gasteiger partial charge in [-0.05, 0) is 30.3 Å². The van der Waals surface area contributed by atoms with Gasteiger partial charge in [-0.25, -0.2) is 10.2 Å². The van der Waals surface area contributed by atoms with Crippen LogP contribution in [0.1, 0.15) is 10.4 Å². The van der Waals surface area contributed by atoms with E-state index in [1.807, 2.05) is 0 Å². The van der Waals surface area contributed by atoms with Crippen molar-refractivity contribution in [2.45, 2.75) is 0 Å². The lowest BCUT2D eigenvalue weighted by Gasteiger charge is -2.09. The minimum Gasteiger partial charge on any atom is -0.307 e. The molecule has 1 aromatic carbocycles. The highest BCUT2D eigenvalue weighted by Crippen LogP contribution is 2.24. The summed E-state index contributed by atoms with van der Waals surface area (Å²) in [6.45, 7) is 0. The van der Waals surface area contributed by atoms with Crippen LogP contribution in [-0.4, -0.2) is 16.9 Å². The van der Waals surface area contributed by atoms with Gasteiger partial charge in [0, 0.05) is 23.6 Å². The summed E-state index contributed by atoms with van der Waals surface area (Å²) in [7, 11) is 0. The smallest absolute Gasteiger partial charge is 0.307 e. The number of hydrogen-bond donors (Lipinski definition) is 3. The van der Waals surface area contributed by atoms with Crippen molar-refractivity contribution in [3.8, 4) is 0 Å². The normalized spacial score (nSPS) is 9.81. The molecule has 0 aliphatic rings. The molecular formula is C13H10Cl2N4O2. The van der Waals surface area contributed by atoms with Crippen LogP contribution in [-0.2, 0) is 0 Å². The van der Waals surface area contributed by atoms with Gasteiger partial charge in [-0.2, -0.15) is 0 Å². The minimum absolute atomic E-state index is 0.315. The first kappa shape index (κ1) is 15.1. The van der Waals surface area contributed by atoms with Crippen molar-refractivity contribution in [2.75, 3.05) is 5.32 Å². The van der Waals surface area contributed by atoms with Crippen molar-refractivity contribution in [1.82, 2.24) is 15.8 Å². The van der Waals surface area contributed by atoms with E-state index in [4.69, 9.17) is 23.2 Å². The molecule has 0 spiro atoms. The highest BCUT2D eigenvalue weighted by molar-refractivity contribution is 6.42. The molecule has 0 radical (unpaired) electrons. The van der Waals surface area contributed by atoms with Gasteiger partial charge in [0.05, 0.1) is 10.0 Å². The Morgan fingerprint density at radius 1 is 0.952 bits per heavy atom. The molecule has 1 heterocycles. The maximum absolute atomic E-state index is 11.7. The fourth-order valence-corrected chi connectivity index (χ4v) is 1.72. The van der Waals surface area contributed by atoms with Gasteiger partial charge in [-0.1, -0.05) is 23.2 Å². The Bertz CT molecular complexity index is 664. The SMILES string of the molecule is O=C(NNC(=O)c1ccncc1)Nc1ccc(Cl)c(Cl)c1. The highest BCUT2D eigenvalue weighted by Gasteiger charge is 2.07. The first-order valence-corrected chi connectivity index (χ1v) is 6.54. The van der Waals surface area contributed by atoms with Crippen LogP contribution in [0.5, 0.6) is 0 Å². The number of aromatic nitrogens is 1. The summed E-state index contributed by atoms with van der Waals surface area (Å²) in [5.74, 6) is -0.457. The lowest BCUT2D eigenvalue weighted by molar-refractivity contribution is 0.0938. The second kappa shape index (κ2) is 6.92. The number of anilines is 1. The third-order valence-electron chi connectivity index (χ3n) is 2.41. The molecule has 0 aliphatic carbocycles. The summed E-state index contributed by atoms with van der Waals surface area (Å²) in [5, 5.41) is 3.19. The number of carbonyl (C=O) groups excluding carboxylic acids is 2. The summed E-state index contributed by atoms with van der Waals surface area (Å²) in [4.78, 5) is 27.1. The van der Waals surface area contributed by atoms with E-state index in [9.17, 15) is 9.59 Å². The number of nitrogens with zero attached hydrogens (tertiary/aromatic N) is 1. The fourth-order valence-electron chi connectivity index (χ4n) is 1.43. The third-order valence-corrected chi connectivity index (χ3v) is 3.15. The molecule has 0 saturated heterocycles. The number of carbonyl (C=O) groups is 2. The number of urea groups is 1. The van der Waals surface area contributed by atoms with Crippen molar-refractivity contribution >= 4 is 40.8 Å². The first-order valence-electron chi connectivity index (χ1n) is 5.78. The summed E-state index contributed by atoms with van der Waals surface area (Å²) in [6.07, 6.45) is 2.95. The lowest BCUT2D eigenvalue weighted by Crippen LogP contribution is -2.43.